The fraction of sp³-hybridized carbons (Fsp3) is 0.333. The van der Waals surface area contributed by atoms with E-state index < -0.39 is 10.8 Å². The number of nitrogens with one attached hydrogen (secondary N) is 1. The molecule has 1 unspecified atom stereocenters. The van der Waals surface area contributed by atoms with Crippen LogP contribution in [0.4, 0.5) is 0 Å². The Morgan fingerprint density at radius 3 is 2.63 bits per heavy atom. The van der Waals surface area contributed by atoms with Crippen LogP contribution in [0.3, 0.4) is 0 Å². The summed E-state index contributed by atoms with van der Waals surface area (Å²) in [6, 6.07) is 5.07. The Balaban J connectivity index is 2.71. The largest absolute Gasteiger partial charge is 0.496 e. The molecule has 1 aromatic carbocycles. The molecule has 0 radical (unpaired) electrons. The molecule has 0 fully saturated rings. The van der Waals surface area contributed by atoms with Crippen molar-refractivity contribution in [2.45, 2.75) is 4.83 Å². The van der Waals surface area contributed by atoms with Crippen LogP contribution in [0.25, 0.3) is 0 Å². The third-order valence-corrected chi connectivity index (χ3v) is 3.50. The SMILES string of the molecule is COC(=O)C(Br)CNC(=O)c1ccc(Br)cc1OC. The fourth-order valence-electron chi connectivity index (χ4n) is 1.34. The van der Waals surface area contributed by atoms with E-state index in [1.165, 1.54) is 14.2 Å². The van der Waals surface area contributed by atoms with Gasteiger partial charge in [0.1, 0.15) is 10.6 Å². The number of carbonyl (C=O) groups is 2. The zero-order chi connectivity index (χ0) is 14.4. The van der Waals surface area contributed by atoms with E-state index in [-0.39, 0.29) is 12.5 Å². The molecular formula is C12H13Br2NO4. The van der Waals surface area contributed by atoms with Gasteiger partial charge >= 0.3 is 5.97 Å². The third-order valence-electron chi connectivity index (χ3n) is 2.31. The molecule has 0 saturated carbocycles. The van der Waals surface area contributed by atoms with Gasteiger partial charge in [-0.1, -0.05) is 31.9 Å². The van der Waals surface area contributed by atoms with Crippen LogP contribution in [0.1, 0.15) is 10.4 Å². The normalized spacial score (nSPS) is 11.6. The van der Waals surface area contributed by atoms with E-state index in [1.807, 2.05) is 0 Å². The average molecular weight is 395 g/mol. The molecule has 1 amide bonds. The van der Waals surface area contributed by atoms with Crippen molar-refractivity contribution in [3.8, 4) is 5.75 Å². The van der Waals surface area contributed by atoms with Crippen molar-refractivity contribution >= 4 is 43.7 Å². The quantitative estimate of drug-likeness (QED) is 0.613. The Hall–Kier alpha value is -1.08. The topological polar surface area (TPSA) is 64.6 Å². The fourth-order valence-corrected chi connectivity index (χ4v) is 2.03. The lowest BCUT2D eigenvalue weighted by Gasteiger charge is -2.11. The minimum absolute atomic E-state index is 0.130. The molecule has 0 aliphatic carbocycles. The number of ether oxygens (including phenoxy) is 2. The van der Waals surface area contributed by atoms with Crippen LogP contribution in [0.2, 0.25) is 0 Å². The van der Waals surface area contributed by atoms with Crippen LogP contribution in [0.5, 0.6) is 5.75 Å². The van der Waals surface area contributed by atoms with Crippen LogP contribution >= 0.6 is 31.9 Å². The van der Waals surface area contributed by atoms with Gasteiger partial charge in [0, 0.05) is 11.0 Å². The van der Waals surface area contributed by atoms with Crippen LogP contribution < -0.4 is 10.1 Å². The predicted molar refractivity (Wildman–Crippen MR) is 77.8 cm³/mol. The number of carbonyl (C=O) groups excluding carboxylic acids is 2. The van der Waals surface area contributed by atoms with Crippen LogP contribution in [-0.4, -0.2) is 37.5 Å². The third kappa shape index (κ3) is 4.50. The molecule has 0 saturated heterocycles. The van der Waals surface area contributed by atoms with Gasteiger partial charge in [-0.15, -0.1) is 0 Å². The summed E-state index contributed by atoms with van der Waals surface area (Å²) < 4.78 is 10.5. The number of benzene rings is 1. The Bertz CT molecular complexity index is 479. The first-order valence-electron chi connectivity index (χ1n) is 5.33. The molecule has 0 aromatic heterocycles. The standard InChI is InChI=1S/C12H13Br2NO4/c1-18-10-5-7(13)3-4-8(10)11(16)15-6-9(14)12(17)19-2/h3-5,9H,6H2,1-2H3,(H,15,16). The van der Waals surface area contributed by atoms with Crippen LogP contribution in [0.15, 0.2) is 22.7 Å². The maximum atomic E-state index is 12.0. The molecule has 1 rings (SSSR count). The number of alkyl halides is 1. The Kier molecular flexibility index (Phi) is 6.30. The average Bonchev–Trinajstić information content (AvgIpc) is 2.43. The highest BCUT2D eigenvalue weighted by Crippen LogP contribution is 2.23. The lowest BCUT2D eigenvalue weighted by Crippen LogP contribution is -2.34. The zero-order valence-corrected chi connectivity index (χ0v) is 13.6. The van der Waals surface area contributed by atoms with Gasteiger partial charge in [-0.2, -0.15) is 0 Å². The molecule has 0 bridgehead atoms. The van der Waals surface area contributed by atoms with Gasteiger partial charge in [0.05, 0.1) is 19.8 Å². The van der Waals surface area contributed by atoms with Gasteiger partial charge in [-0.05, 0) is 18.2 Å². The summed E-state index contributed by atoms with van der Waals surface area (Å²) in [7, 11) is 2.77. The van der Waals surface area contributed by atoms with Crippen molar-refractivity contribution in [1.29, 1.82) is 0 Å². The van der Waals surface area contributed by atoms with Crippen molar-refractivity contribution in [2.75, 3.05) is 20.8 Å². The van der Waals surface area contributed by atoms with E-state index in [0.29, 0.717) is 11.3 Å². The highest BCUT2D eigenvalue weighted by Gasteiger charge is 2.18. The van der Waals surface area contributed by atoms with E-state index >= 15 is 0 Å². The van der Waals surface area contributed by atoms with E-state index in [0.717, 1.165) is 4.47 Å². The highest BCUT2D eigenvalue weighted by atomic mass is 79.9. The monoisotopic (exact) mass is 393 g/mol. The van der Waals surface area contributed by atoms with Gasteiger partial charge in [0.2, 0.25) is 0 Å². The molecule has 5 nitrogen and oxygen atoms in total. The van der Waals surface area contributed by atoms with Crippen molar-refractivity contribution in [1.82, 2.24) is 5.32 Å². The molecule has 19 heavy (non-hydrogen) atoms. The van der Waals surface area contributed by atoms with Crippen molar-refractivity contribution in [3.05, 3.63) is 28.2 Å². The van der Waals surface area contributed by atoms with Gasteiger partial charge in [-0.3, -0.25) is 9.59 Å². The number of rotatable bonds is 5. The maximum Gasteiger partial charge on any atom is 0.321 e. The van der Waals surface area contributed by atoms with Crippen molar-refractivity contribution in [2.24, 2.45) is 0 Å². The molecule has 104 valence electrons. The summed E-state index contributed by atoms with van der Waals surface area (Å²) in [5, 5.41) is 2.63. The smallest absolute Gasteiger partial charge is 0.321 e. The molecule has 0 spiro atoms. The minimum Gasteiger partial charge on any atom is -0.496 e. The number of amides is 1. The van der Waals surface area contributed by atoms with Crippen LogP contribution in [-0.2, 0) is 9.53 Å². The molecular weight excluding hydrogens is 382 g/mol. The molecule has 1 atom stereocenters. The van der Waals surface area contributed by atoms with Crippen LogP contribution in [0, 0.1) is 0 Å². The summed E-state index contributed by atoms with van der Waals surface area (Å²) in [5.41, 5.74) is 0.398. The van der Waals surface area contributed by atoms with Gasteiger partial charge in [-0.25, -0.2) is 0 Å². The Morgan fingerprint density at radius 2 is 2.05 bits per heavy atom. The molecule has 0 aliphatic heterocycles. The molecule has 0 aliphatic rings. The molecule has 0 heterocycles. The number of halogens is 2. The second-order valence-electron chi connectivity index (χ2n) is 3.55. The lowest BCUT2D eigenvalue weighted by atomic mass is 10.2. The summed E-state index contributed by atoms with van der Waals surface area (Å²) in [4.78, 5) is 22.6. The van der Waals surface area contributed by atoms with Crippen molar-refractivity contribution in [3.63, 3.8) is 0 Å². The predicted octanol–water partition coefficient (Wildman–Crippen LogP) is 2.12. The molecule has 1 N–H and O–H groups in total. The van der Waals surface area contributed by atoms with Gasteiger partial charge in [0.25, 0.3) is 5.91 Å². The van der Waals surface area contributed by atoms with E-state index in [1.54, 1.807) is 18.2 Å². The summed E-state index contributed by atoms with van der Waals surface area (Å²) in [6.45, 7) is 0.130. The number of hydrogen-bond acceptors (Lipinski definition) is 4. The zero-order valence-electron chi connectivity index (χ0n) is 10.4. The lowest BCUT2D eigenvalue weighted by molar-refractivity contribution is -0.139. The van der Waals surface area contributed by atoms with Crippen molar-refractivity contribution < 1.29 is 19.1 Å². The Labute approximate surface area is 127 Å². The number of hydrogen-bond donors (Lipinski definition) is 1. The second kappa shape index (κ2) is 7.49. The summed E-state index contributed by atoms with van der Waals surface area (Å²) >= 11 is 6.42. The Morgan fingerprint density at radius 1 is 1.37 bits per heavy atom. The first-order valence-corrected chi connectivity index (χ1v) is 7.04. The second-order valence-corrected chi connectivity index (χ2v) is 5.57. The van der Waals surface area contributed by atoms with E-state index in [9.17, 15) is 9.59 Å². The van der Waals surface area contributed by atoms with E-state index in [2.05, 4.69) is 41.9 Å². The minimum atomic E-state index is -0.581. The summed E-state index contributed by atoms with van der Waals surface area (Å²) in [6.07, 6.45) is 0. The molecule has 1 aromatic rings. The molecule has 7 heteroatoms. The first kappa shape index (κ1) is 16.0. The van der Waals surface area contributed by atoms with Gasteiger partial charge < -0.3 is 14.8 Å². The summed E-state index contributed by atoms with van der Waals surface area (Å²) in [5.74, 6) is -0.308. The first-order chi connectivity index (χ1) is 8.99. The highest BCUT2D eigenvalue weighted by molar-refractivity contribution is 9.10. The number of esters is 1. The number of methoxy groups -OCH3 is 2. The maximum absolute atomic E-state index is 12.0. The van der Waals surface area contributed by atoms with Gasteiger partial charge in [0.15, 0.2) is 0 Å². The van der Waals surface area contributed by atoms with E-state index in [4.69, 9.17) is 4.74 Å².